The summed E-state index contributed by atoms with van der Waals surface area (Å²) in [6.07, 6.45) is 4.12. The lowest BCUT2D eigenvalue weighted by Gasteiger charge is -2.26. The monoisotopic (exact) mass is 416 g/mol. The van der Waals surface area contributed by atoms with Crippen molar-refractivity contribution in [1.82, 2.24) is 15.2 Å². The van der Waals surface area contributed by atoms with Crippen LogP contribution in [0.15, 0.2) is 42.6 Å². The van der Waals surface area contributed by atoms with E-state index in [0.717, 1.165) is 58.1 Å². The fourth-order valence-electron chi connectivity index (χ4n) is 4.44. The molecular formula is C24H24N4O3. The molecule has 1 aliphatic heterocycles. The zero-order valence-corrected chi connectivity index (χ0v) is 17.8. The molecule has 0 amide bonds. The number of anilines is 1. The van der Waals surface area contributed by atoms with Gasteiger partial charge >= 0.3 is 5.97 Å². The van der Waals surface area contributed by atoms with Gasteiger partial charge in [-0.2, -0.15) is 5.10 Å². The van der Waals surface area contributed by atoms with Gasteiger partial charge in [-0.25, -0.2) is 9.78 Å². The first-order valence-corrected chi connectivity index (χ1v) is 10.4. The Morgan fingerprint density at radius 1 is 1.16 bits per heavy atom. The van der Waals surface area contributed by atoms with Crippen LogP contribution in [0.4, 0.5) is 5.69 Å². The second-order valence-electron chi connectivity index (χ2n) is 7.95. The van der Waals surface area contributed by atoms with Crippen molar-refractivity contribution in [3.8, 4) is 17.0 Å². The van der Waals surface area contributed by atoms with E-state index in [1.54, 1.807) is 19.2 Å². The summed E-state index contributed by atoms with van der Waals surface area (Å²) in [6.45, 7) is 3.23. The normalized spacial score (nSPS) is 16.2. The van der Waals surface area contributed by atoms with Gasteiger partial charge in [0.25, 0.3) is 0 Å². The molecule has 4 aromatic rings. The Bertz CT molecular complexity index is 1300. The van der Waals surface area contributed by atoms with Crippen LogP contribution in [0.1, 0.15) is 30.1 Å². The molecule has 7 heteroatoms. The Morgan fingerprint density at radius 3 is 2.77 bits per heavy atom. The second kappa shape index (κ2) is 7.58. The molecule has 0 unspecified atom stereocenters. The molecule has 2 aromatic carbocycles. The summed E-state index contributed by atoms with van der Waals surface area (Å²) in [4.78, 5) is 19.7. The predicted molar refractivity (Wildman–Crippen MR) is 121 cm³/mol. The van der Waals surface area contributed by atoms with Crippen LogP contribution >= 0.6 is 0 Å². The number of fused-ring (bicyclic) bond motifs is 2. The van der Waals surface area contributed by atoms with Gasteiger partial charge in [0.2, 0.25) is 0 Å². The summed E-state index contributed by atoms with van der Waals surface area (Å²) in [5.41, 5.74) is 5.17. The van der Waals surface area contributed by atoms with E-state index in [4.69, 9.17) is 14.5 Å². The number of carbonyl (C=O) groups excluding carboxylic acids is 1. The second-order valence-corrected chi connectivity index (χ2v) is 7.95. The SMILES string of the molecule is COC(=O)c1cc2cc(N3CCC[C@@H]3C)c(-c3ccc4[nH]ncc4c3)nc2cc1OC. The Labute approximate surface area is 180 Å². The van der Waals surface area contributed by atoms with Crippen molar-refractivity contribution in [3.05, 3.63) is 48.2 Å². The number of hydrogen-bond acceptors (Lipinski definition) is 6. The van der Waals surface area contributed by atoms with Crippen molar-refractivity contribution in [3.63, 3.8) is 0 Å². The van der Waals surface area contributed by atoms with Gasteiger partial charge < -0.3 is 14.4 Å². The fourth-order valence-corrected chi connectivity index (χ4v) is 4.44. The van der Waals surface area contributed by atoms with Gasteiger partial charge in [0.1, 0.15) is 11.3 Å². The number of esters is 1. The van der Waals surface area contributed by atoms with E-state index in [0.29, 0.717) is 17.4 Å². The van der Waals surface area contributed by atoms with Crippen molar-refractivity contribution < 1.29 is 14.3 Å². The third-order valence-corrected chi connectivity index (χ3v) is 6.10. The average Bonchev–Trinajstić information content (AvgIpc) is 3.44. The largest absolute Gasteiger partial charge is 0.496 e. The van der Waals surface area contributed by atoms with Gasteiger partial charge in [0, 0.05) is 35.0 Å². The van der Waals surface area contributed by atoms with E-state index in [-0.39, 0.29) is 0 Å². The van der Waals surface area contributed by atoms with Crippen molar-refractivity contribution in [2.45, 2.75) is 25.8 Å². The molecule has 0 aliphatic carbocycles. The number of methoxy groups -OCH3 is 2. The number of rotatable bonds is 4. The first kappa shape index (κ1) is 19.4. The number of aromatic amines is 1. The molecule has 7 nitrogen and oxygen atoms in total. The van der Waals surface area contributed by atoms with E-state index in [2.05, 4.69) is 40.2 Å². The minimum absolute atomic E-state index is 0.396. The number of aromatic nitrogens is 3. The minimum atomic E-state index is -0.427. The van der Waals surface area contributed by atoms with E-state index in [1.807, 2.05) is 12.3 Å². The van der Waals surface area contributed by atoms with Crippen LogP contribution in [0, 0.1) is 0 Å². The molecule has 1 fully saturated rings. The molecule has 5 rings (SSSR count). The fraction of sp³-hybridized carbons (Fsp3) is 0.292. The topological polar surface area (TPSA) is 80.3 Å². The Balaban J connectivity index is 1.76. The number of ether oxygens (including phenoxy) is 2. The van der Waals surface area contributed by atoms with Crippen molar-refractivity contribution >= 4 is 33.5 Å². The van der Waals surface area contributed by atoms with Crippen LogP contribution < -0.4 is 9.64 Å². The highest BCUT2D eigenvalue weighted by atomic mass is 16.5. The Morgan fingerprint density at radius 2 is 2.03 bits per heavy atom. The summed E-state index contributed by atoms with van der Waals surface area (Å²) < 4.78 is 10.4. The highest BCUT2D eigenvalue weighted by Crippen LogP contribution is 2.38. The summed E-state index contributed by atoms with van der Waals surface area (Å²) in [7, 11) is 2.91. The van der Waals surface area contributed by atoms with Gasteiger partial charge in [-0.1, -0.05) is 6.07 Å². The quantitative estimate of drug-likeness (QED) is 0.491. The summed E-state index contributed by atoms with van der Waals surface area (Å²) >= 11 is 0. The number of nitrogens with one attached hydrogen (secondary N) is 1. The lowest BCUT2D eigenvalue weighted by molar-refractivity contribution is 0.0597. The molecule has 1 aliphatic rings. The first-order valence-electron chi connectivity index (χ1n) is 10.4. The van der Waals surface area contributed by atoms with Crippen molar-refractivity contribution in [2.75, 3.05) is 25.7 Å². The van der Waals surface area contributed by atoms with Gasteiger partial charge in [-0.3, -0.25) is 5.10 Å². The van der Waals surface area contributed by atoms with E-state index < -0.39 is 5.97 Å². The maximum Gasteiger partial charge on any atom is 0.341 e. The van der Waals surface area contributed by atoms with Gasteiger partial charge in [-0.05, 0) is 44.0 Å². The molecule has 1 N–H and O–H groups in total. The molecular weight excluding hydrogens is 392 g/mol. The molecule has 0 radical (unpaired) electrons. The molecule has 1 atom stereocenters. The standard InChI is InChI=1S/C24H24N4O3/c1-14-5-4-8-28(14)21-11-16-10-18(24(29)31-3)22(30-2)12-20(16)26-23(21)15-6-7-19-17(9-15)13-25-27-19/h6-7,9-14H,4-5,8H2,1-3H3,(H,25,27)/t14-/m0/s1. The lowest BCUT2D eigenvalue weighted by Crippen LogP contribution is -2.27. The maximum atomic E-state index is 12.3. The van der Waals surface area contributed by atoms with Gasteiger partial charge in [-0.15, -0.1) is 0 Å². The average molecular weight is 416 g/mol. The summed E-state index contributed by atoms with van der Waals surface area (Å²) in [5.74, 6) is 0.0229. The molecule has 158 valence electrons. The predicted octanol–water partition coefficient (Wildman–Crippen LogP) is 4.56. The third kappa shape index (κ3) is 3.26. The van der Waals surface area contributed by atoms with Crippen molar-refractivity contribution in [2.24, 2.45) is 0 Å². The molecule has 31 heavy (non-hydrogen) atoms. The van der Waals surface area contributed by atoms with E-state index in [9.17, 15) is 4.79 Å². The van der Waals surface area contributed by atoms with Crippen LogP contribution in [0.5, 0.6) is 5.75 Å². The van der Waals surface area contributed by atoms with Crippen LogP contribution in [0.25, 0.3) is 33.1 Å². The summed E-state index contributed by atoms with van der Waals surface area (Å²) in [5, 5.41) is 9.06. The van der Waals surface area contributed by atoms with Crippen LogP contribution in [0.3, 0.4) is 0 Å². The Hall–Kier alpha value is -3.61. The molecule has 1 saturated heterocycles. The zero-order chi connectivity index (χ0) is 21.5. The highest BCUT2D eigenvalue weighted by Gasteiger charge is 2.25. The number of carbonyl (C=O) groups is 1. The van der Waals surface area contributed by atoms with E-state index in [1.165, 1.54) is 7.11 Å². The zero-order valence-electron chi connectivity index (χ0n) is 17.8. The number of benzene rings is 2. The number of pyridine rings is 1. The third-order valence-electron chi connectivity index (χ3n) is 6.10. The molecule has 0 saturated carbocycles. The summed E-state index contributed by atoms with van der Waals surface area (Å²) in [6, 6.07) is 12.4. The van der Waals surface area contributed by atoms with Crippen LogP contribution in [-0.2, 0) is 4.74 Å². The molecule has 2 aromatic heterocycles. The number of H-pyrrole nitrogens is 1. The smallest absolute Gasteiger partial charge is 0.341 e. The van der Waals surface area contributed by atoms with Crippen molar-refractivity contribution in [1.29, 1.82) is 0 Å². The molecule has 0 spiro atoms. The highest BCUT2D eigenvalue weighted by molar-refractivity contribution is 6.00. The van der Waals surface area contributed by atoms with E-state index >= 15 is 0 Å². The first-order chi connectivity index (χ1) is 15.1. The minimum Gasteiger partial charge on any atom is -0.496 e. The number of nitrogens with zero attached hydrogens (tertiary/aromatic N) is 3. The van der Waals surface area contributed by atoms with Gasteiger partial charge in [0.15, 0.2) is 0 Å². The van der Waals surface area contributed by atoms with Gasteiger partial charge in [0.05, 0.1) is 42.8 Å². The molecule has 0 bridgehead atoms. The maximum absolute atomic E-state index is 12.3. The lowest BCUT2D eigenvalue weighted by atomic mass is 10.0. The molecule has 3 heterocycles. The van der Waals surface area contributed by atoms with Crippen LogP contribution in [-0.4, -0.2) is 48.0 Å². The van der Waals surface area contributed by atoms with Crippen LogP contribution in [0.2, 0.25) is 0 Å². The Kier molecular flexibility index (Phi) is 4.73. The number of hydrogen-bond donors (Lipinski definition) is 1.